The molecular formula is C24H37BrN2O4SSi. The quantitative estimate of drug-likeness (QED) is 0.204. The first-order chi connectivity index (χ1) is 15.2. The molecular weight excluding hydrogens is 520 g/mol. The topological polar surface area (TPSA) is 59.1 Å². The molecule has 0 unspecified atom stereocenters. The van der Waals surface area contributed by atoms with E-state index >= 15 is 0 Å². The number of nitrogens with zero attached hydrogens (tertiary/aromatic N) is 2. The Balaban J connectivity index is 2.48. The van der Waals surface area contributed by atoms with Crippen LogP contribution in [0.3, 0.4) is 0 Å². The van der Waals surface area contributed by atoms with Crippen molar-refractivity contribution in [2.75, 3.05) is 42.5 Å². The lowest BCUT2D eigenvalue weighted by atomic mass is 10.1. The van der Waals surface area contributed by atoms with Gasteiger partial charge in [0.25, 0.3) is 10.0 Å². The summed E-state index contributed by atoms with van der Waals surface area (Å²) in [6, 6.07) is 14.4. The molecule has 0 fully saturated rings. The molecule has 0 aliphatic heterocycles. The van der Waals surface area contributed by atoms with Crippen LogP contribution < -0.4 is 9.21 Å². The van der Waals surface area contributed by atoms with Gasteiger partial charge in [-0.1, -0.05) is 54.9 Å². The highest BCUT2D eigenvalue weighted by atomic mass is 79.9. The smallest absolute Gasteiger partial charge is 0.266 e. The van der Waals surface area contributed by atoms with E-state index < -0.39 is 18.3 Å². The van der Waals surface area contributed by atoms with Crippen LogP contribution >= 0.6 is 15.9 Å². The molecule has 0 radical (unpaired) electrons. The molecule has 0 spiro atoms. The van der Waals surface area contributed by atoms with Gasteiger partial charge in [-0.25, -0.2) is 12.7 Å². The van der Waals surface area contributed by atoms with E-state index in [4.69, 9.17) is 9.16 Å². The van der Waals surface area contributed by atoms with Gasteiger partial charge < -0.3 is 14.1 Å². The number of halogens is 1. The fourth-order valence-electron chi connectivity index (χ4n) is 3.05. The Morgan fingerprint density at radius 3 is 2.18 bits per heavy atom. The van der Waals surface area contributed by atoms with E-state index in [1.54, 1.807) is 24.3 Å². The molecule has 0 N–H and O–H groups in total. The average molecular weight is 558 g/mol. The number of hydrogen-bond donors (Lipinski definition) is 0. The van der Waals surface area contributed by atoms with Gasteiger partial charge in [0.05, 0.1) is 16.7 Å². The first-order valence-electron chi connectivity index (χ1n) is 10.9. The Morgan fingerprint density at radius 1 is 1.03 bits per heavy atom. The van der Waals surface area contributed by atoms with E-state index in [2.05, 4.69) is 49.8 Å². The van der Waals surface area contributed by atoms with Crippen molar-refractivity contribution in [3.63, 3.8) is 0 Å². The molecule has 0 bridgehead atoms. The molecule has 0 heterocycles. The Hall–Kier alpha value is -1.39. The summed E-state index contributed by atoms with van der Waals surface area (Å²) < 4.78 is 40.4. The summed E-state index contributed by atoms with van der Waals surface area (Å²) in [7, 11) is -0.621. The Morgan fingerprint density at radius 2 is 1.64 bits per heavy atom. The van der Waals surface area contributed by atoms with Gasteiger partial charge in [0, 0.05) is 32.2 Å². The molecule has 1 atom stereocenters. The molecule has 0 aromatic heterocycles. The van der Waals surface area contributed by atoms with Crippen LogP contribution in [0.4, 0.5) is 11.4 Å². The van der Waals surface area contributed by atoms with Crippen LogP contribution in [0.25, 0.3) is 0 Å². The molecule has 2 rings (SSSR count). The molecule has 0 aliphatic carbocycles. The molecule has 2 aromatic carbocycles. The van der Waals surface area contributed by atoms with Crippen molar-refractivity contribution in [2.45, 2.75) is 49.9 Å². The van der Waals surface area contributed by atoms with Crippen molar-refractivity contribution in [2.24, 2.45) is 0 Å². The SMILES string of the molecule is COCN(c1cccc([C@H](CBr)O[Si](C)(C)C(C)(C)C)c1)S(=O)(=O)c1cccc(N(C)C)c1. The summed E-state index contributed by atoms with van der Waals surface area (Å²) in [4.78, 5) is 2.09. The zero-order chi connectivity index (χ0) is 25.0. The molecule has 2 aromatic rings. The van der Waals surface area contributed by atoms with Gasteiger partial charge in [-0.05, 0) is 54.0 Å². The van der Waals surface area contributed by atoms with Gasteiger partial charge in [0.15, 0.2) is 8.32 Å². The first-order valence-corrected chi connectivity index (χ1v) is 16.3. The average Bonchev–Trinajstić information content (AvgIpc) is 2.75. The standard InChI is InChI=1S/C24H37BrN2O4SSi/c1-24(2,3)33(7,8)31-23(17-25)19-11-9-13-21(15-19)27(18-30-6)32(28,29)22-14-10-12-20(16-22)26(4)5/h9-16,23H,17-18H2,1-8H3/t23-/m0/s1. The minimum atomic E-state index is -3.84. The van der Waals surface area contributed by atoms with Crippen LogP contribution in [-0.4, -0.2) is 50.0 Å². The van der Waals surface area contributed by atoms with Crippen LogP contribution in [0.5, 0.6) is 0 Å². The molecule has 0 amide bonds. The number of ether oxygens (including phenoxy) is 1. The summed E-state index contributed by atoms with van der Waals surface area (Å²) in [5.74, 6) is 0. The van der Waals surface area contributed by atoms with Crippen LogP contribution in [-0.2, 0) is 19.2 Å². The Bertz CT molecular complexity index is 1040. The molecule has 6 nitrogen and oxygen atoms in total. The summed E-state index contributed by atoms with van der Waals surface area (Å²) >= 11 is 3.60. The number of hydrogen-bond acceptors (Lipinski definition) is 5. The van der Waals surface area contributed by atoms with Crippen molar-refractivity contribution in [3.8, 4) is 0 Å². The lowest BCUT2D eigenvalue weighted by Gasteiger charge is -2.39. The maximum atomic E-state index is 13.6. The van der Waals surface area contributed by atoms with E-state index in [-0.39, 0.29) is 22.8 Å². The number of anilines is 2. The van der Waals surface area contributed by atoms with E-state index in [1.165, 1.54) is 11.4 Å². The predicted molar refractivity (Wildman–Crippen MR) is 144 cm³/mol. The third kappa shape index (κ3) is 6.60. The minimum absolute atomic E-state index is 0.0634. The predicted octanol–water partition coefficient (Wildman–Crippen LogP) is 6.01. The lowest BCUT2D eigenvalue weighted by molar-refractivity contribution is 0.207. The van der Waals surface area contributed by atoms with Crippen molar-refractivity contribution < 1.29 is 17.6 Å². The van der Waals surface area contributed by atoms with Crippen LogP contribution in [0.2, 0.25) is 18.1 Å². The summed E-state index contributed by atoms with van der Waals surface area (Å²) in [5, 5.41) is 0.679. The first kappa shape index (κ1) is 27.8. The number of methoxy groups -OCH3 is 1. The molecule has 184 valence electrons. The van der Waals surface area contributed by atoms with E-state index in [0.29, 0.717) is 11.0 Å². The molecule has 0 saturated heterocycles. The largest absolute Gasteiger partial charge is 0.409 e. The zero-order valence-electron chi connectivity index (χ0n) is 20.9. The third-order valence-corrected chi connectivity index (χ3v) is 12.9. The van der Waals surface area contributed by atoms with Gasteiger partial charge in [-0.2, -0.15) is 0 Å². The normalized spacial score (nSPS) is 13.6. The van der Waals surface area contributed by atoms with Gasteiger partial charge in [-0.3, -0.25) is 0 Å². The van der Waals surface area contributed by atoms with Crippen molar-refractivity contribution in [1.29, 1.82) is 0 Å². The van der Waals surface area contributed by atoms with E-state index in [9.17, 15) is 8.42 Å². The number of alkyl halides is 1. The monoisotopic (exact) mass is 556 g/mol. The highest BCUT2D eigenvalue weighted by molar-refractivity contribution is 9.09. The molecule has 33 heavy (non-hydrogen) atoms. The van der Waals surface area contributed by atoms with Crippen molar-refractivity contribution in [3.05, 3.63) is 54.1 Å². The van der Waals surface area contributed by atoms with Crippen LogP contribution in [0.15, 0.2) is 53.4 Å². The summed E-state index contributed by atoms with van der Waals surface area (Å²) in [5.41, 5.74) is 2.27. The number of sulfonamides is 1. The van der Waals surface area contributed by atoms with E-state index in [0.717, 1.165) is 11.3 Å². The van der Waals surface area contributed by atoms with Crippen molar-refractivity contribution in [1.82, 2.24) is 0 Å². The third-order valence-electron chi connectivity index (χ3n) is 6.08. The van der Waals surface area contributed by atoms with Gasteiger partial charge in [0.2, 0.25) is 0 Å². The highest BCUT2D eigenvalue weighted by Gasteiger charge is 2.39. The zero-order valence-corrected chi connectivity index (χ0v) is 24.3. The highest BCUT2D eigenvalue weighted by Crippen LogP contribution is 2.40. The second-order valence-corrected chi connectivity index (χ2v) is 17.0. The van der Waals surface area contributed by atoms with Crippen LogP contribution in [0, 0.1) is 0 Å². The maximum absolute atomic E-state index is 13.6. The van der Waals surface area contributed by atoms with Gasteiger partial charge in [0.1, 0.15) is 6.73 Å². The van der Waals surface area contributed by atoms with Crippen LogP contribution in [0.1, 0.15) is 32.4 Å². The summed E-state index contributed by atoms with van der Waals surface area (Å²) in [6.07, 6.45) is -0.185. The molecule has 9 heteroatoms. The van der Waals surface area contributed by atoms with E-state index in [1.807, 2.05) is 43.3 Å². The lowest BCUT2D eigenvalue weighted by Crippen LogP contribution is -2.42. The Labute approximate surface area is 209 Å². The summed E-state index contributed by atoms with van der Waals surface area (Å²) in [6.45, 7) is 10.9. The van der Waals surface area contributed by atoms with Crippen molar-refractivity contribution >= 4 is 45.6 Å². The minimum Gasteiger partial charge on any atom is -0.409 e. The van der Waals surface area contributed by atoms with Gasteiger partial charge in [-0.15, -0.1) is 0 Å². The second kappa shape index (κ2) is 10.9. The van der Waals surface area contributed by atoms with Gasteiger partial charge >= 0.3 is 0 Å². The fraction of sp³-hybridized carbons (Fsp3) is 0.500. The Kier molecular flexibility index (Phi) is 9.20. The second-order valence-electron chi connectivity index (χ2n) is 9.78. The fourth-order valence-corrected chi connectivity index (χ4v) is 6.49. The maximum Gasteiger partial charge on any atom is 0.266 e. The number of rotatable bonds is 10. The molecule has 0 saturated carbocycles. The number of benzene rings is 2. The molecule has 0 aliphatic rings.